The van der Waals surface area contributed by atoms with E-state index in [1.807, 2.05) is 0 Å². The Labute approximate surface area is 109 Å². The molecule has 2 nitrogen and oxygen atoms in total. The van der Waals surface area contributed by atoms with Crippen LogP contribution in [0.15, 0.2) is 0 Å². The lowest BCUT2D eigenvalue weighted by atomic mass is 9.85. The fourth-order valence-electron chi connectivity index (χ4n) is 1.94. The van der Waals surface area contributed by atoms with Crippen LogP contribution in [0.2, 0.25) is 0 Å². The van der Waals surface area contributed by atoms with Crippen molar-refractivity contribution in [3.05, 3.63) is 0 Å². The van der Waals surface area contributed by atoms with Gasteiger partial charge in [-0.3, -0.25) is 4.79 Å². The molecule has 0 aliphatic heterocycles. The van der Waals surface area contributed by atoms with E-state index < -0.39 is 0 Å². The highest BCUT2D eigenvalue weighted by Gasteiger charge is 2.17. The smallest absolute Gasteiger partial charge is 0.220 e. The standard InChI is InChI=1S/C13H26BrNO/c1-10(2)12(11(3)4)9-15-13(16)7-5-6-8-14/h10-12H,5-9H2,1-4H3,(H,15,16). The molecular formula is C13H26BrNO. The molecule has 0 aromatic carbocycles. The highest BCUT2D eigenvalue weighted by atomic mass is 79.9. The second-order valence-electron chi connectivity index (χ2n) is 5.10. The van der Waals surface area contributed by atoms with Crippen LogP contribution >= 0.6 is 15.9 Å². The fourth-order valence-corrected chi connectivity index (χ4v) is 2.34. The van der Waals surface area contributed by atoms with E-state index in [1.54, 1.807) is 0 Å². The topological polar surface area (TPSA) is 29.1 Å². The zero-order valence-electron chi connectivity index (χ0n) is 11.1. The third kappa shape index (κ3) is 7.26. The van der Waals surface area contributed by atoms with Crippen LogP contribution in [0.25, 0.3) is 0 Å². The maximum Gasteiger partial charge on any atom is 0.220 e. The summed E-state index contributed by atoms with van der Waals surface area (Å²) >= 11 is 3.37. The van der Waals surface area contributed by atoms with Gasteiger partial charge < -0.3 is 5.32 Å². The van der Waals surface area contributed by atoms with Gasteiger partial charge in [-0.1, -0.05) is 43.6 Å². The Balaban J connectivity index is 3.79. The molecule has 0 aromatic heterocycles. The van der Waals surface area contributed by atoms with Crippen molar-refractivity contribution in [3.63, 3.8) is 0 Å². The van der Waals surface area contributed by atoms with Crippen LogP contribution in [0.3, 0.4) is 0 Å². The number of carbonyl (C=O) groups is 1. The van der Waals surface area contributed by atoms with Gasteiger partial charge in [0.2, 0.25) is 5.91 Å². The summed E-state index contributed by atoms with van der Waals surface area (Å²) in [7, 11) is 0. The Morgan fingerprint density at radius 3 is 2.12 bits per heavy atom. The molecule has 0 spiro atoms. The van der Waals surface area contributed by atoms with Crippen LogP contribution in [0.1, 0.15) is 47.0 Å². The summed E-state index contributed by atoms with van der Waals surface area (Å²) in [4.78, 5) is 11.5. The van der Waals surface area contributed by atoms with Crippen LogP contribution in [-0.2, 0) is 4.79 Å². The minimum absolute atomic E-state index is 0.201. The summed E-state index contributed by atoms with van der Waals surface area (Å²) in [5.41, 5.74) is 0. The number of hydrogen-bond acceptors (Lipinski definition) is 1. The number of alkyl halides is 1. The molecule has 96 valence electrons. The van der Waals surface area contributed by atoms with Gasteiger partial charge >= 0.3 is 0 Å². The number of halogens is 1. The predicted octanol–water partition coefficient (Wildman–Crippen LogP) is 3.60. The normalized spacial score (nSPS) is 11.5. The van der Waals surface area contributed by atoms with Gasteiger partial charge in [-0.25, -0.2) is 0 Å². The number of unbranched alkanes of at least 4 members (excludes halogenated alkanes) is 1. The van der Waals surface area contributed by atoms with Crippen LogP contribution in [0.5, 0.6) is 0 Å². The molecule has 0 bridgehead atoms. The fraction of sp³-hybridized carbons (Fsp3) is 0.923. The van der Waals surface area contributed by atoms with Gasteiger partial charge in [0.1, 0.15) is 0 Å². The average Bonchev–Trinajstić information content (AvgIpc) is 2.17. The van der Waals surface area contributed by atoms with E-state index in [-0.39, 0.29) is 5.91 Å². The van der Waals surface area contributed by atoms with Crippen LogP contribution in [0, 0.1) is 17.8 Å². The van der Waals surface area contributed by atoms with Crippen LogP contribution in [0.4, 0.5) is 0 Å². The minimum Gasteiger partial charge on any atom is -0.356 e. The SMILES string of the molecule is CC(C)C(CNC(=O)CCCCBr)C(C)C. The van der Waals surface area contributed by atoms with E-state index in [4.69, 9.17) is 0 Å². The Bertz CT molecular complexity index is 184. The molecule has 0 radical (unpaired) electrons. The van der Waals surface area contributed by atoms with Crippen LogP contribution in [-0.4, -0.2) is 17.8 Å². The molecule has 0 aromatic rings. The van der Waals surface area contributed by atoms with Crippen LogP contribution < -0.4 is 5.32 Å². The molecular weight excluding hydrogens is 266 g/mol. The summed E-state index contributed by atoms with van der Waals surface area (Å²) in [5.74, 6) is 2.04. The van der Waals surface area contributed by atoms with Crippen molar-refractivity contribution < 1.29 is 4.79 Å². The van der Waals surface area contributed by atoms with Gasteiger partial charge in [0.15, 0.2) is 0 Å². The molecule has 3 heteroatoms. The molecule has 0 unspecified atom stereocenters. The first-order valence-electron chi connectivity index (χ1n) is 6.31. The van der Waals surface area contributed by atoms with Crippen molar-refractivity contribution >= 4 is 21.8 Å². The van der Waals surface area contributed by atoms with Gasteiger partial charge in [0.25, 0.3) is 0 Å². The number of amides is 1. The molecule has 0 atom stereocenters. The lowest BCUT2D eigenvalue weighted by Gasteiger charge is -2.25. The molecule has 0 aliphatic carbocycles. The molecule has 0 saturated carbocycles. The minimum atomic E-state index is 0.201. The molecule has 1 amide bonds. The summed E-state index contributed by atoms with van der Waals surface area (Å²) in [6.07, 6.45) is 2.71. The van der Waals surface area contributed by atoms with E-state index in [0.29, 0.717) is 24.2 Å². The first-order chi connectivity index (χ1) is 7.49. The van der Waals surface area contributed by atoms with Crippen molar-refractivity contribution in [2.45, 2.75) is 47.0 Å². The van der Waals surface area contributed by atoms with Crippen molar-refractivity contribution in [3.8, 4) is 0 Å². The molecule has 0 fully saturated rings. The second-order valence-corrected chi connectivity index (χ2v) is 5.90. The highest BCUT2D eigenvalue weighted by Crippen LogP contribution is 2.19. The first-order valence-corrected chi connectivity index (χ1v) is 7.43. The number of carbonyl (C=O) groups excluding carboxylic acids is 1. The van der Waals surface area contributed by atoms with E-state index in [0.717, 1.165) is 24.7 Å². The van der Waals surface area contributed by atoms with Crippen molar-refractivity contribution in [2.75, 3.05) is 11.9 Å². The zero-order chi connectivity index (χ0) is 12.6. The summed E-state index contributed by atoms with van der Waals surface area (Å²) in [5, 5.41) is 4.04. The van der Waals surface area contributed by atoms with E-state index in [1.165, 1.54) is 0 Å². The second kappa shape index (κ2) is 9.03. The van der Waals surface area contributed by atoms with Gasteiger partial charge in [-0.2, -0.15) is 0 Å². The summed E-state index contributed by atoms with van der Waals surface area (Å²) in [6, 6.07) is 0. The van der Waals surface area contributed by atoms with E-state index in [9.17, 15) is 4.79 Å². The van der Waals surface area contributed by atoms with Gasteiger partial charge in [0, 0.05) is 18.3 Å². The maximum atomic E-state index is 11.5. The number of nitrogens with one attached hydrogen (secondary N) is 1. The van der Waals surface area contributed by atoms with E-state index >= 15 is 0 Å². The third-order valence-electron chi connectivity index (χ3n) is 3.04. The Morgan fingerprint density at radius 2 is 1.69 bits per heavy atom. The lowest BCUT2D eigenvalue weighted by Crippen LogP contribution is -2.33. The van der Waals surface area contributed by atoms with Gasteiger partial charge in [-0.05, 0) is 30.6 Å². The average molecular weight is 292 g/mol. The summed E-state index contributed by atoms with van der Waals surface area (Å²) < 4.78 is 0. The molecule has 0 saturated heterocycles. The predicted molar refractivity (Wildman–Crippen MR) is 73.8 cm³/mol. The first kappa shape index (κ1) is 16.0. The van der Waals surface area contributed by atoms with E-state index in [2.05, 4.69) is 48.9 Å². The highest BCUT2D eigenvalue weighted by molar-refractivity contribution is 9.09. The monoisotopic (exact) mass is 291 g/mol. The largest absolute Gasteiger partial charge is 0.356 e. The third-order valence-corrected chi connectivity index (χ3v) is 3.60. The van der Waals surface area contributed by atoms with Crippen molar-refractivity contribution in [1.82, 2.24) is 5.32 Å². The molecule has 1 N–H and O–H groups in total. The number of hydrogen-bond donors (Lipinski definition) is 1. The molecule has 16 heavy (non-hydrogen) atoms. The quantitative estimate of drug-likeness (QED) is 0.537. The Hall–Kier alpha value is -0.0500. The molecule has 0 heterocycles. The van der Waals surface area contributed by atoms with Crippen molar-refractivity contribution in [2.24, 2.45) is 17.8 Å². The maximum absolute atomic E-state index is 11.5. The Kier molecular flexibility index (Phi) is 9.00. The zero-order valence-corrected chi connectivity index (χ0v) is 12.6. The molecule has 0 aliphatic rings. The van der Waals surface area contributed by atoms with Gasteiger partial charge in [0.05, 0.1) is 0 Å². The number of rotatable bonds is 8. The molecule has 0 rings (SSSR count). The Morgan fingerprint density at radius 1 is 1.12 bits per heavy atom. The lowest BCUT2D eigenvalue weighted by molar-refractivity contribution is -0.121. The summed E-state index contributed by atoms with van der Waals surface area (Å²) in [6.45, 7) is 9.72. The van der Waals surface area contributed by atoms with Crippen molar-refractivity contribution in [1.29, 1.82) is 0 Å². The van der Waals surface area contributed by atoms with Gasteiger partial charge in [-0.15, -0.1) is 0 Å².